The van der Waals surface area contributed by atoms with Gasteiger partial charge in [-0.15, -0.1) is 5.10 Å². The lowest BCUT2D eigenvalue weighted by molar-refractivity contribution is 0.0555. The van der Waals surface area contributed by atoms with Crippen LogP contribution in [-0.2, 0) is 0 Å². The summed E-state index contributed by atoms with van der Waals surface area (Å²) in [5.41, 5.74) is 4.38. The minimum atomic E-state index is -0.292. The number of rotatable bonds is 3. The summed E-state index contributed by atoms with van der Waals surface area (Å²) in [5.74, 6) is 0.349. The Labute approximate surface area is 180 Å². The quantitative estimate of drug-likeness (QED) is 0.527. The molecule has 2 aromatic heterocycles. The molecule has 4 heterocycles. The predicted molar refractivity (Wildman–Crippen MR) is 118 cm³/mol. The highest BCUT2D eigenvalue weighted by molar-refractivity contribution is 5.91. The van der Waals surface area contributed by atoms with Crippen LogP contribution in [0.4, 0.5) is 4.39 Å². The second kappa shape index (κ2) is 7.27. The van der Waals surface area contributed by atoms with Gasteiger partial charge in [0.1, 0.15) is 17.2 Å². The molecule has 0 radical (unpaired) electrons. The van der Waals surface area contributed by atoms with Crippen molar-refractivity contribution in [2.75, 3.05) is 7.05 Å². The SMILES string of the molecule is CN1[C@@H]2CCC[C@H]1CC(c1ccc(-n3cc(-c4n[nH]c5cc(F)ccc45)nn3)cc1)C2. The fraction of sp³-hybridized carbons (Fsp3) is 0.375. The highest BCUT2D eigenvalue weighted by atomic mass is 19.1. The van der Waals surface area contributed by atoms with Crippen molar-refractivity contribution >= 4 is 10.9 Å². The number of aromatic amines is 1. The molecule has 4 aromatic rings. The fourth-order valence-electron chi connectivity index (χ4n) is 5.47. The summed E-state index contributed by atoms with van der Waals surface area (Å²) in [5, 5.41) is 16.6. The normalized spacial score (nSPS) is 24.0. The van der Waals surface area contributed by atoms with Gasteiger partial charge in [-0.3, -0.25) is 5.10 Å². The molecule has 1 unspecified atom stereocenters. The van der Waals surface area contributed by atoms with Gasteiger partial charge in [0.05, 0.1) is 17.4 Å². The third-order valence-corrected chi connectivity index (χ3v) is 7.23. The number of piperidine rings is 2. The standard InChI is InChI=1S/C24H25FN6/c1-30-19-3-2-4-20(30)12-16(11-19)15-5-8-18(9-6-15)31-14-23(27-29-31)24-21-10-7-17(25)13-22(21)26-28-24/h5-10,13-14,16,19-20H,2-4,11-12H2,1H3,(H,26,28)/t16?,19-,20+. The van der Waals surface area contributed by atoms with E-state index in [9.17, 15) is 4.39 Å². The molecule has 2 aliphatic rings. The van der Waals surface area contributed by atoms with Crippen LogP contribution >= 0.6 is 0 Å². The molecule has 2 aliphatic heterocycles. The highest BCUT2D eigenvalue weighted by Gasteiger charge is 2.36. The van der Waals surface area contributed by atoms with Gasteiger partial charge in [0, 0.05) is 17.5 Å². The van der Waals surface area contributed by atoms with Gasteiger partial charge in [-0.1, -0.05) is 23.8 Å². The Balaban J connectivity index is 1.24. The maximum Gasteiger partial charge on any atom is 0.134 e. The number of nitrogens with zero attached hydrogens (tertiary/aromatic N) is 5. The Morgan fingerprint density at radius 1 is 1.03 bits per heavy atom. The summed E-state index contributed by atoms with van der Waals surface area (Å²) in [7, 11) is 2.30. The molecular formula is C24H25FN6. The lowest BCUT2D eigenvalue weighted by Crippen LogP contribution is -2.49. The summed E-state index contributed by atoms with van der Waals surface area (Å²) >= 11 is 0. The van der Waals surface area contributed by atoms with Gasteiger partial charge >= 0.3 is 0 Å². The molecular weight excluding hydrogens is 391 g/mol. The van der Waals surface area contributed by atoms with Crippen molar-refractivity contribution < 1.29 is 4.39 Å². The van der Waals surface area contributed by atoms with Crippen molar-refractivity contribution in [3.05, 3.63) is 60.0 Å². The van der Waals surface area contributed by atoms with Gasteiger partial charge in [0.15, 0.2) is 0 Å². The Hall–Kier alpha value is -3.06. The summed E-state index contributed by atoms with van der Waals surface area (Å²) in [4.78, 5) is 2.61. The summed E-state index contributed by atoms with van der Waals surface area (Å²) in [6.07, 6.45) is 8.42. The van der Waals surface area contributed by atoms with Gasteiger partial charge in [-0.2, -0.15) is 5.10 Å². The molecule has 2 fully saturated rings. The average Bonchev–Trinajstić information content (AvgIpc) is 3.40. The third-order valence-electron chi connectivity index (χ3n) is 7.23. The summed E-state index contributed by atoms with van der Waals surface area (Å²) in [6, 6.07) is 14.8. The van der Waals surface area contributed by atoms with E-state index in [1.807, 2.05) is 6.20 Å². The van der Waals surface area contributed by atoms with Crippen LogP contribution in [0.2, 0.25) is 0 Å². The minimum absolute atomic E-state index is 0.292. The number of hydrogen-bond donors (Lipinski definition) is 1. The van der Waals surface area contributed by atoms with Gasteiger partial charge in [0.25, 0.3) is 0 Å². The third kappa shape index (κ3) is 3.24. The molecule has 7 heteroatoms. The van der Waals surface area contributed by atoms with E-state index in [2.05, 4.69) is 56.7 Å². The molecule has 2 bridgehead atoms. The molecule has 158 valence electrons. The van der Waals surface area contributed by atoms with Crippen LogP contribution in [0.5, 0.6) is 0 Å². The van der Waals surface area contributed by atoms with Crippen LogP contribution in [0.3, 0.4) is 0 Å². The van der Waals surface area contributed by atoms with Crippen molar-refractivity contribution in [3.8, 4) is 17.1 Å². The fourth-order valence-corrected chi connectivity index (χ4v) is 5.47. The molecule has 0 spiro atoms. The first kappa shape index (κ1) is 18.7. The monoisotopic (exact) mass is 416 g/mol. The Morgan fingerprint density at radius 3 is 2.58 bits per heavy atom. The Morgan fingerprint density at radius 2 is 1.81 bits per heavy atom. The molecule has 2 aromatic carbocycles. The molecule has 1 N–H and O–H groups in total. The number of hydrogen-bond acceptors (Lipinski definition) is 4. The van der Waals surface area contributed by atoms with Crippen molar-refractivity contribution in [2.24, 2.45) is 0 Å². The van der Waals surface area contributed by atoms with Crippen molar-refractivity contribution in [1.82, 2.24) is 30.1 Å². The topological polar surface area (TPSA) is 62.6 Å². The summed E-state index contributed by atoms with van der Waals surface area (Å²) in [6.45, 7) is 0. The first-order valence-corrected chi connectivity index (χ1v) is 11.0. The van der Waals surface area contributed by atoms with E-state index >= 15 is 0 Å². The van der Waals surface area contributed by atoms with Crippen LogP contribution in [0.15, 0.2) is 48.7 Å². The van der Waals surface area contributed by atoms with Crippen LogP contribution in [0.1, 0.15) is 43.6 Å². The number of aromatic nitrogens is 5. The zero-order valence-corrected chi connectivity index (χ0v) is 17.5. The molecule has 0 saturated carbocycles. The highest BCUT2D eigenvalue weighted by Crippen LogP contribution is 2.40. The van der Waals surface area contributed by atoms with E-state index in [4.69, 9.17) is 0 Å². The zero-order valence-electron chi connectivity index (χ0n) is 17.5. The van der Waals surface area contributed by atoms with Crippen LogP contribution < -0.4 is 0 Å². The minimum Gasteiger partial charge on any atom is -0.300 e. The number of halogens is 1. The zero-order chi connectivity index (χ0) is 20.9. The van der Waals surface area contributed by atoms with E-state index in [1.54, 1.807) is 10.7 Å². The largest absolute Gasteiger partial charge is 0.300 e. The number of fused-ring (bicyclic) bond motifs is 3. The molecule has 0 aliphatic carbocycles. The first-order valence-electron chi connectivity index (χ1n) is 11.0. The number of nitrogens with one attached hydrogen (secondary N) is 1. The van der Waals surface area contributed by atoms with E-state index in [0.717, 1.165) is 23.2 Å². The molecule has 0 amide bonds. The predicted octanol–water partition coefficient (Wildman–Crippen LogP) is 4.68. The maximum absolute atomic E-state index is 13.4. The molecule has 2 saturated heterocycles. The van der Waals surface area contributed by atoms with Gasteiger partial charge in [-0.25, -0.2) is 9.07 Å². The van der Waals surface area contributed by atoms with E-state index in [0.29, 0.717) is 22.8 Å². The van der Waals surface area contributed by atoms with Crippen molar-refractivity contribution in [3.63, 3.8) is 0 Å². The number of H-pyrrole nitrogens is 1. The Kier molecular flexibility index (Phi) is 4.38. The number of benzene rings is 2. The molecule has 31 heavy (non-hydrogen) atoms. The van der Waals surface area contributed by atoms with Gasteiger partial charge in [0.2, 0.25) is 0 Å². The van der Waals surface area contributed by atoms with E-state index in [1.165, 1.54) is 49.8 Å². The average molecular weight is 417 g/mol. The van der Waals surface area contributed by atoms with Crippen LogP contribution in [-0.4, -0.2) is 49.2 Å². The first-order chi connectivity index (χ1) is 15.2. The van der Waals surface area contributed by atoms with E-state index in [-0.39, 0.29) is 5.82 Å². The van der Waals surface area contributed by atoms with Crippen LogP contribution in [0.25, 0.3) is 28.0 Å². The molecule has 3 atom stereocenters. The summed E-state index contributed by atoms with van der Waals surface area (Å²) < 4.78 is 15.2. The van der Waals surface area contributed by atoms with Crippen LogP contribution in [0, 0.1) is 5.82 Å². The van der Waals surface area contributed by atoms with Crippen molar-refractivity contribution in [1.29, 1.82) is 0 Å². The molecule has 6 nitrogen and oxygen atoms in total. The van der Waals surface area contributed by atoms with E-state index < -0.39 is 0 Å². The maximum atomic E-state index is 13.4. The second-order valence-electron chi connectivity index (χ2n) is 8.97. The Bertz CT molecular complexity index is 1210. The second-order valence-corrected chi connectivity index (χ2v) is 8.97. The lowest BCUT2D eigenvalue weighted by Gasteiger charge is -2.47. The van der Waals surface area contributed by atoms with Gasteiger partial charge in [-0.05, 0) is 74.5 Å². The van der Waals surface area contributed by atoms with Gasteiger partial charge < -0.3 is 4.90 Å². The lowest BCUT2D eigenvalue weighted by atomic mass is 9.76. The smallest absolute Gasteiger partial charge is 0.134 e. The van der Waals surface area contributed by atoms with Crippen molar-refractivity contribution in [2.45, 2.75) is 50.1 Å². The molecule has 6 rings (SSSR count).